The molecule has 0 aliphatic carbocycles. The highest BCUT2D eigenvalue weighted by Crippen LogP contribution is 2.18. The van der Waals surface area contributed by atoms with Gasteiger partial charge in [0, 0.05) is 18.3 Å². The molecule has 16 heavy (non-hydrogen) atoms. The second-order valence-corrected chi connectivity index (χ2v) is 4.04. The normalized spacial score (nSPS) is 12.4. The van der Waals surface area contributed by atoms with E-state index in [1.54, 1.807) is 18.2 Å². The van der Waals surface area contributed by atoms with Crippen molar-refractivity contribution < 1.29 is 5.11 Å². The van der Waals surface area contributed by atoms with Crippen molar-refractivity contribution in [2.24, 2.45) is 0 Å². The Morgan fingerprint density at radius 2 is 2.19 bits per heavy atom. The number of nitrogens with two attached hydrogens (primary N) is 1. The highest BCUT2D eigenvalue weighted by Gasteiger charge is 2.09. The topological polar surface area (TPSA) is 82.1 Å². The van der Waals surface area contributed by atoms with Gasteiger partial charge in [0.1, 0.15) is 6.07 Å². The van der Waals surface area contributed by atoms with Gasteiger partial charge in [0.15, 0.2) is 0 Å². The van der Waals surface area contributed by atoms with E-state index in [9.17, 15) is 5.11 Å². The molecule has 1 rings (SSSR count). The number of nitriles is 1. The third kappa shape index (κ3) is 3.23. The fourth-order valence-corrected chi connectivity index (χ4v) is 1.34. The molecular formula is C12H17N3O. The van der Waals surface area contributed by atoms with Crippen LogP contribution in [0.4, 0.5) is 5.69 Å². The van der Waals surface area contributed by atoms with E-state index in [-0.39, 0.29) is 0 Å². The van der Waals surface area contributed by atoms with Gasteiger partial charge in [-0.15, -0.1) is 0 Å². The Kier molecular flexibility index (Phi) is 4.29. The molecule has 86 valence electrons. The second kappa shape index (κ2) is 5.50. The van der Waals surface area contributed by atoms with Crippen LogP contribution >= 0.6 is 0 Å². The molecule has 0 aliphatic heterocycles. The number of anilines is 1. The van der Waals surface area contributed by atoms with Crippen molar-refractivity contribution in [1.82, 2.24) is 5.32 Å². The van der Waals surface area contributed by atoms with Gasteiger partial charge in [-0.05, 0) is 17.7 Å². The maximum Gasteiger partial charge on any atom is 0.101 e. The van der Waals surface area contributed by atoms with Gasteiger partial charge in [-0.1, -0.05) is 19.9 Å². The van der Waals surface area contributed by atoms with Gasteiger partial charge in [0.25, 0.3) is 0 Å². The van der Waals surface area contributed by atoms with Gasteiger partial charge in [-0.25, -0.2) is 0 Å². The van der Waals surface area contributed by atoms with E-state index >= 15 is 0 Å². The van der Waals surface area contributed by atoms with Gasteiger partial charge in [-0.3, -0.25) is 0 Å². The van der Waals surface area contributed by atoms with Gasteiger partial charge < -0.3 is 16.2 Å². The van der Waals surface area contributed by atoms with Gasteiger partial charge in [0.2, 0.25) is 0 Å². The lowest BCUT2D eigenvalue weighted by Crippen LogP contribution is -2.27. The molecule has 0 radical (unpaired) electrons. The van der Waals surface area contributed by atoms with Crippen LogP contribution in [-0.2, 0) is 0 Å². The number of aliphatic hydroxyl groups excluding tert-OH is 1. The number of aliphatic hydroxyl groups is 1. The van der Waals surface area contributed by atoms with Crippen LogP contribution in [0.1, 0.15) is 31.1 Å². The van der Waals surface area contributed by atoms with Crippen molar-refractivity contribution in [3.05, 3.63) is 29.3 Å². The van der Waals surface area contributed by atoms with Crippen LogP contribution in [-0.4, -0.2) is 17.7 Å². The summed E-state index contributed by atoms with van der Waals surface area (Å²) in [5, 5.41) is 21.8. The van der Waals surface area contributed by atoms with E-state index in [1.165, 1.54) is 0 Å². The van der Waals surface area contributed by atoms with Gasteiger partial charge in [-0.2, -0.15) is 5.26 Å². The number of rotatable bonds is 4. The molecule has 4 nitrogen and oxygen atoms in total. The van der Waals surface area contributed by atoms with Crippen molar-refractivity contribution in [3.63, 3.8) is 0 Å². The Bertz CT molecular complexity index is 396. The van der Waals surface area contributed by atoms with Crippen molar-refractivity contribution in [2.75, 3.05) is 12.3 Å². The standard InChI is InChI=1S/C12H17N3O/c1-8(2)15-7-12(16)9-3-4-11(14)10(5-9)6-13/h3-5,8,12,15-16H,7,14H2,1-2H3/t12-/m1/s1. The first kappa shape index (κ1) is 12.5. The molecule has 0 heterocycles. The minimum Gasteiger partial charge on any atom is -0.398 e. The summed E-state index contributed by atoms with van der Waals surface area (Å²) in [6.07, 6.45) is -0.616. The summed E-state index contributed by atoms with van der Waals surface area (Å²) < 4.78 is 0. The van der Waals surface area contributed by atoms with Crippen LogP contribution in [0.15, 0.2) is 18.2 Å². The molecule has 1 atom stereocenters. The molecule has 0 saturated heterocycles. The summed E-state index contributed by atoms with van der Waals surface area (Å²) in [6.45, 7) is 4.49. The Morgan fingerprint density at radius 1 is 1.50 bits per heavy atom. The van der Waals surface area contributed by atoms with Gasteiger partial charge >= 0.3 is 0 Å². The zero-order valence-electron chi connectivity index (χ0n) is 9.57. The molecule has 0 aliphatic rings. The average molecular weight is 219 g/mol. The molecule has 0 fully saturated rings. The first-order valence-corrected chi connectivity index (χ1v) is 5.25. The van der Waals surface area contributed by atoms with Crippen molar-refractivity contribution in [2.45, 2.75) is 26.0 Å². The third-order valence-electron chi connectivity index (χ3n) is 2.30. The molecule has 0 bridgehead atoms. The molecule has 1 aromatic rings. The predicted molar refractivity (Wildman–Crippen MR) is 63.7 cm³/mol. The minimum atomic E-state index is -0.616. The van der Waals surface area contributed by atoms with Crippen LogP contribution in [0.5, 0.6) is 0 Å². The van der Waals surface area contributed by atoms with E-state index in [1.807, 2.05) is 19.9 Å². The number of nitrogens with zero attached hydrogens (tertiary/aromatic N) is 1. The fourth-order valence-electron chi connectivity index (χ4n) is 1.34. The number of hydrogen-bond donors (Lipinski definition) is 3. The molecule has 4 heteroatoms. The lowest BCUT2D eigenvalue weighted by Gasteiger charge is -2.14. The number of hydrogen-bond acceptors (Lipinski definition) is 4. The number of benzene rings is 1. The maximum atomic E-state index is 9.87. The molecule has 0 unspecified atom stereocenters. The molecule has 1 aromatic carbocycles. The summed E-state index contributed by atoms with van der Waals surface area (Å²) in [6, 6.07) is 7.33. The third-order valence-corrected chi connectivity index (χ3v) is 2.30. The molecular weight excluding hydrogens is 202 g/mol. The van der Waals surface area contributed by atoms with Crippen molar-refractivity contribution in [3.8, 4) is 6.07 Å². The molecule has 4 N–H and O–H groups in total. The summed E-state index contributed by atoms with van der Waals surface area (Å²) in [7, 11) is 0. The highest BCUT2D eigenvalue weighted by molar-refractivity contribution is 5.55. The van der Waals surface area contributed by atoms with E-state index < -0.39 is 6.10 Å². The van der Waals surface area contributed by atoms with Crippen LogP contribution in [0, 0.1) is 11.3 Å². The molecule has 0 aromatic heterocycles. The minimum absolute atomic E-state index is 0.318. The maximum absolute atomic E-state index is 9.87. The lowest BCUT2D eigenvalue weighted by molar-refractivity contribution is 0.171. The fraction of sp³-hybridized carbons (Fsp3) is 0.417. The van der Waals surface area contributed by atoms with Crippen molar-refractivity contribution >= 4 is 5.69 Å². The zero-order valence-corrected chi connectivity index (χ0v) is 9.57. The first-order chi connectivity index (χ1) is 7.54. The summed E-state index contributed by atoms with van der Waals surface area (Å²) in [5.41, 5.74) is 7.15. The summed E-state index contributed by atoms with van der Waals surface area (Å²) in [5.74, 6) is 0. The Hall–Kier alpha value is -1.57. The lowest BCUT2D eigenvalue weighted by atomic mass is 10.0. The van der Waals surface area contributed by atoms with E-state index in [0.29, 0.717) is 29.4 Å². The second-order valence-electron chi connectivity index (χ2n) is 4.04. The van der Waals surface area contributed by atoms with Crippen LogP contribution in [0.25, 0.3) is 0 Å². The van der Waals surface area contributed by atoms with E-state index in [2.05, 4.69) is 5.32 Å². The number of nitrogen functional groups attached to an aromatic ring is 1. The van der Waals surface area contributed by atoms with Crippen LogP contribution in [0.2, 0.25) is 0 Å². The summed E-state index contributed by atoms with van der Waals surface area (Å²) >= 11 is 0. The van der Waals surface area contributed by atoms with E-state index in [4.69, 9.17) is 11.0 Å². The zero-order chi connectivity index (χ0) is 12.1. The first-order valence-electron chi connectivity index (χ1n) is 5.25. The van der Waals surface area contributed by atoms with Crippen LogP contribution < -0.4 is 11.1 Å². The Morgan fingerprint density at radius 3 is 2.75 bits per heavy atom. The Balaban J connectivity index is 2.77. The van der Waals surface area contributed by atoms with Gasteiger partial charge in [0.05, 0.1) is 11.7 Å². The average Bonchev–Trinajstić information content (AvgIpc) is 2.26. The predicted octanol–water partition coefficient (Wildman–Crippen LogP) is 1.17. The van der Waals surface area contributed by atoms with Crippen molar-refractivity contribution in [1.29, 1.82) is 5.26 Å². The molecule has 0 amide bonds. The molecule has 0 spiro atoms. The smallest absolute Gasteiger partial charge is 0.101 e. The van der Waals surface area contributed by atoms with Crippen LogP contribution in [0.3, 0.4) is 0 Å². The monoisotopic (exact) mass is 219 g/mol. The number of nitrogens with one attached hydrogen (secondary N) is 1. The highest BCUT2D eigenvalue weighted by atomic mass is 16.3. The SMILES string of the molecule is CC(C)NC[C@@H](O)c1ccc(N)c(C#N)c1. The summed E-state index contributed by atoms with van der Waals surface area (Å²) in [4.78, 5) is 0. The molecule has 0 saturated carbocycles. The largest absolute Gasteiger partial charge is 0.398 e. The van der Waals surface area contributed by atoms with E-state index in [0.717, 1.165) is 0 Å². The Labute approximate surface area is 95.7 Å². The quantitative estimate of drug-likeness (QED) is 0.664.